The first kappa shape index (κ1) is 14.1. The number of piperidine rings is 1. The Morgan fingerprint density at radius 2 is 2.14 bits per heavy atom. The second-order valence-corrected chi connectivity index (χ2v) is 5.42. The maximum atomic E-state index is 13.8. The van der Waals surface area contributed by atoms with Crippen LogP contribution in [0.5, 0.6) is 0 Å². The molecule has 21 heavy (non-hydrogen) atoms. The number of nitrogens with zero attached hydrogens (tertiary/aromatic N) is 3. The average Bonchev–Trinajstić information content (AvgIpc) is 2.53. The lowest BCUT2D eigenvalue weighted by atomic mass is 9.94. The Hall–Kier alpha value is -1.88. The summed E-state index contributed by atoms with van der Waals surface area (Å²) in [6.07, 6.45) is 5.40. The maximum absolute atomic E-state index is 13.8. The van der Waals surface area contributed by atoms with E-state index < -0.39 is 11.6 Å². The molecule has 0 radical (unpaired) electrons. The van der Waals surface area contributed by atoms with E-state index in [9.17, 15) is 8.78 Å². The van der Waals surface area contributed by atoms with Gasteiger partial charge in [0.05, 0.1) is 0 Å². The van der Waals surface area contributed by atoms with Gasteiger partial charge in [0.2, 0.25) is 0 Å². The summed E-state index contributed by atoms with van der Waals surface area (Å²) < 4.78 is 27.0. The molecule has 1 aromatic carbocycles. The highest BCUT2D eigenvalue weighted by Gasteiger charge is 2.23. The van der Waals surface area contributed by atoms with Crippen molar-refractivity contribution < 1.29 is 8.78 Å². The molecule has 0 amide bonds. The number of likely N-dealkylation sites (tertiary alicyclic amines) is 1. The third kappa shape index (κ3) is 3.24. The Morgan fingerprint density at radius 3 is 2.95 bits per heavy atom. The van der Waals surface area contributed by atoms with Crippen LogP contribution in [0.3, 0.4) is 0 Å². The molecule has 3 nitrogen and oxygen atoms in total. The zero-order chi connectivity index (χ0) is 14.7. The molecular weight excluding hydrogens is 272 g/mol. The van der Waals surface area contributed by atoms with Crippen LogP contribution in [0.2, 0.25) is 0 Å². The zero-order valence-electron chi connectivity index (χ0n) is 11.7. The van der Waals surface area contributed by atoms with E-state index in [0.29, 0.717) is 18.0 Å². The standard InChI is InChI=1S/C16H17F2N3/c17-14-5-1-3-13(16(14)18)10-21-8-2-4-12(9-21)15-6-7-19-11-20-15/h1,3,5-7,11-12H,2,4,8-10H2/t12-/m1/s1. The Labute approximate surface area is 122 Å². The molecule has 1 saturated heterocycles. The molecule has 0 bridgehead atoms. The van der Waals surface area contributed by atoms with E-state index in [0.717, 1.165) is 37.7 Å². The number of benzene rings is 1. The summed E-state index contributed by atoms with van der Waals surface area (Å²) in [5.74, 6) is -1.18. The molecule has 5 heteroatoms. The normalized spacial score (nSPS) is 19.6. The molecule has 1 aliphatic rings. The first-order valence-electron chi connectivity index (χ1n) is 7.15. The van der Waals surface area contributed by atoms with E-state index in [1.165, 1.54) is 0 Å². The number of halogens is 2. The molecular formula is C16H17F2N3. The summed E-state index contributed by atoms with van der Waals surface area (Å²) in [4.78, 5) is 10.4. The topological polar surface area (TPSA) is 29.0 Å². The lowest BCUT2D eigenvalue weighted by Gasteiger charge is -2.32. The Bertz CT molecular complexity index is 604. The first-order chi connectivity index (χ1) is 10.2. The molecule has 1 aromatic heterocycles. The number of aromatic nitrogens is 2. The fourth-order valence-corrected chi connectivity index (χ4v) is 2.89. The summed E-state index contributed by atoms with van der Waals surface area (Å²) in [6.45, 7) is 2.15. The van der Waals surface area contributed by atoms with Crippen molar-refractivity contribution in [2.24, 2.45) is 0 Å². The Balaban J connectivity index is 1.70. The van der Waals surface area contributed by atoms with Gasteiger partial charge in [-0.05, 0) is 31.5 Å². The summed E-state index contributed by atoms with van der Waals surface area (Å²) in [6, 6.07) is 6.28. The fourth-order valence-electron chi connectivity index (χ4n) is 2.89. The van der Waals surface area contributed by atoms with Gasteiger partial charge in [-0.1, -0.05) is 12.1 Å². The fraction of sp³-hybridized carbons (Fsp3) is 0.375. The third-order valence-corrected chi connectivity index (χ3v) is 3.95. The highest BCUT2D eigenvalue weighted by Crippen LogP contribution is 2.26. The lowest BCUT2D eigenvalue weighted by molar-refractivity contribution is 0.195. The number of rotatable bonds is 3. The molecule has 0 aliphatic carbocycles. The van der Waals surface area contributed by atoms with Crippen molar-refractivity contribution in [2.45, 2.75) is 25.3 Å². The summed E-state index contributed by atoms with van der Waals surface area (Å²) >= 11 is 0. The molecule has 2 heterocycles. The minimum Gasteiger partial charge on any atom is -0.298 e. The van der Waals surface area contributed by atoms with Crippen LogP contribution in [0, 0.1) is 11.6 Å². The third-order valence-electron chi connectivity index (χ3n) is 3.95. The maximum Gasteiger partial charge on any atom is 0.163 e. The number of hydrogen-bond acceptors (Lipinski definition) is 3. The minimum atomic E-state index is -0.781. The molecule has 0 unspecified atom stereocenters. The van der Waals surface area contributed by atoms with E-state index in [-0.39, 0.29) is 0 Å². The van der Waals surface area contributed by atoms with Crippen LogP contribution < -0.4 is 0 Å². The summed E-state index contributed by atoms with van der Waals surface area (Å²) in [5, 5.41) is 0. The van der Waals surface area contributed by atoms with Gasteiger partial charge >= 0.3 is 0 Å². The predicted molar refractivity (Wildman–Crippen MR) is 75.6 cm³/mol. The molecule has 3 rings (SSSR count). The zero-order valence-corrected chi connectivity index (χ0v) is 11.7. The monoisotopic (exact) mass is 289 g/mol. The van der Waals surface area contributed by atoms with E-state index in [1.54, 1.807) is 24.7 Å². The molecule has 0 N–H and O–H groups in total. The average molecular weight is 289 g/mol. The largest absolute Gasteiger partial charge is 0.298 e. The van der Waals surface area contributed by atoms with Crippen molar-refractivity contribution in [2.75, 3.05) is 13.1 Å². The highest BCUT2D eigenvalue weighted by molar-refractivity contribution is 5.19. The Morgan fingerprint density at radius 1 is 1.24 bits per heavy atom. The highest BCUT2D eigenvalue weighted by atomic mass is 19.2. The van der Waals surface area contributed by atoms with E-state index in [4.69, 9.17) is 0 Å². The second kappa shape index (κ2) is 6.26. The van der Waals surface area contributed by atoms with Gasteiger partial charge in [-0.25, -0.2) is 18.7 Å². The predicted octanol–water partition coefficient (Wildman–Crippen LogP) is 3.13. The van der Waals surface area contributed by atoms with Crippen LogP contribution in [-0.2, 0) is 6.54 Å². The first-order valence-corrected chi connectivity index (χ1v) is 7.15. The molecule has 0 saturated carbocycles. The van der Waals surface area contributed by atoms with Crippen molar-refractivity contribution in [3.63, 3.8) is 0 Å². The summed E-state index contributed by atoms with van der Waals surface area (Å²) in [7, 11) is 0. The summed E-state index contributed by atoms with van der Waals surface area (Å²) in [5.41, 5.74) is 1.44. The smallest absolute Gasteiger partial charge is 0.163 e. The quantitative estimate of drug-likeness (QED) is 0.869. The molecule has 2 aromatic rings. The molecule has 1 atom stereocenters. The second-order valence-electron chi connectivity index (χ2n) is 5.42. The van der Waals surface area contributed by atoms with Crippen molar-refractivity contribution in [3.8, 4) is 0 Å². The molecule has 110 valence electrons. The van der Waals surface area contributed by atoms with Crippen molar-refractivity contribution >= 4 is 0 Å². The number of hydrogen-bond donors (Lipinski definition) is 0. The lowest BCUT2D eigenvalue weighted by Crippen LogP contribution is -2.34. The van der Waals surface area contributed by atoms with E-state index in [1.807, 2.05) is 6.07 Å². The molecule has 0 spiro atoms. The van der Waals surface area contributed by atoms with Crippen molar-refractivity contribution in [3.05, 3.63) is 59.7 Å². The Kier molecular flexibility index (Phi) is 4.20. The van der Waals surface area contributed by atoms with E-state index in [2.05, 4.69) is 14.9 Å². The van der Waals surface area contributed by atoms with Gasteiger partial charge in [0.1, 0.15) is 6.33 Å². The van der Waals surface area contributed by atoms with Gasteiger partial charge in [0.15, 0.2) is 11.6 Å². The van der Waals surface area contributed by atoms with Crippen LogP contribution in [0.1, 0.15) is 30.0 Å². The van der Waals surface area contributed by atoms with Crippen LogP contribution in [0.4, 0.5) is 8.78 Å². The van der Waals surface area contributed by atoms with E-state index >= 15 is 0 Å². The van der Waals surface area contributed by atoms with Crippen molar-refractivity contribution in [1.29, 1.82) is 0 Å². The van der Waals surface area contributed by atoms with Crippen LogP contribution in [0.15, 0.2) is 36.8 Å². The van der Waals surface area contributed by atoms with Crippen molar-refractivity contribution in [1.82, 2.24) is 14.9 Å². The van der Waals surface area contributed by atoms with Crippen LogP contribution in [0.25, 0.3) is 0 Å². The molecule has 1 fully saturated rings. The van der Waals surface area contributed by atoms with Gasteiger partial charge in [0, 0.05) is 36.5 Å². The molecule has 1 aliphatic heterocycles. The van der Waals surface area contributed by atoms with Gasteiger partial charge in [0.25, 0.3) is 0 Å². The van der Waals surface area contributed by atoms with Crippen LogP contribution in [-0.4, -0.2) is 28.0 Å². The van der Waals surface area contributed by atoms with Gasteiger partial charge < -0.3 is 0 Å². The minimum absolute atomic E-state index is 0.332. The van der Waals surface area contributed by atoms with Gasteiger partial charge in [-0.15, -0.1) is 0 Å². The van der Waals surface area contributed by atoms with Gasteiger partial charge in [-0.3, -0.25) is 4.90 Å². The van der Waals surface area contributed by atoms with Gasteiger partial charge in [-0.2, -0.15) is 0 Å². The van der Waals surface area contributed by atoms with Crippen LogP contribution >= 0.6 is 0 Å². The SMILES string of the molecule is Fc1cccc(CN2CCC[C@@H](c3ccncn3)C2)c1F.